The summed E-state index contributed by atoms with van der Waals surface area (Å²) in [6.45, 7) is 4.54. The van der Waals surface area contributed by atoms with E-state index in [1.807, 2.05) is 38.1 Å². The van der Waals surface area contributed by atoms with Gasteiger partial charge in [-0.3, -0.25) is 0 Å². The Morgan fingerprint density at radius 1 is 1.50 bits per heavy atom. The molecule has 16 heavy (non-hydrogen) atoms. The molecule has 1 atom stereocenters. The number of rotatable bonds is 2. The third kappa shape index (κ3) is 2.14. The van der Waals surface area contributed by atoms with Gasteiger partial charge in [-0.2, -0.15) is 0 Å². The highest BCUT2D eigenvalue weighted by Gasteiger charge is 2.33. The van der Waals surface area contributed by atoms with Gasteiger partial charge in [-0.1, -0.05) is 23.7 Å². The van der Waals surface area contributed by atoms with Gasteiger partial charge >= 0.3 is 6.09 Å². The molecule has 0 saturated carbocycles. The summed E-state index contributed by atoms with van der Waals surface area (Å²) in [6.07, 6.45) is -0.450. The number of halogens is 1. The monoisotopic (exact) mass is 239 g/mol. The molecule has 1 fully saturated rings. The van der Waals surface area contributed by atoms with Crippen molar-refractivity contribution in [2.24, 2.45) is 0 Å². The van der Waals surface area contributed by atoms with Crippen molar-refractivity contribution in [3.8, 4) is 0 Å². The first-order chi connectivity index (χ1) is 7.58. The molecule has 1 aliphatic rings. The molecule has 1 heterocycles. The van der Waals surface area contributed by atoms with E-state index < -0.39 is 0 Å². The molecule has 86 valence electrons. The van der Waals surface area contributed by atoms with Crippen LogP contribution >= 0.6 is 11.6 Å². The van der Waals surface area contributed by atoms with E-state index in [-0.39, 0.29) is 18.2 Å². The fourth-order valence-corrected chi connectivity index (χ4v) is 1.98. The summed E-state index contributed by atoms with van der Waals surface area (Å²) in [5, 5.41) is 0.663. The van der Waals surface area contributed by atoms with Crippen LogP contribution in [0, 0.1) is 0 Å². The number of hydrogen-bond donors (Lipinski definition) is 0. The number of hydrogen-bond acceptors (Lipinski definition) is 2. The van der Waals surface area contributed by atoms with Gasteiger partial charge in [0.15, 0.2) is 0 Å². The molecule has 4 heteroatoms. The van der Waals surface area contributed by atoms with E-state index >= 15 is 0 Å². The topological polar surface area (TPSA) is 29.5 Å². The predicted octanol–water partition coefficient (Wildman–Crippen LogP) is 3.24. The third-order valence-corrected chi connectivity index (χ3v) is 2.92. The molecule has 0 radical (unpaired) electrons. The highest BCUT2D eigenvalue weighted by atomic mass is 35.5. The van der Waals surface area contributed by atoms with Gasteiger partial charge in [0.1, 0.15) is 6.10 Å². The van der Waals surface area contributed by atoms with E-state index in [1.165, 1.54) is 0 Å². The lowest BCUT2D eigenvalue weighted by Gasteiger charge is -2.16. The van der Waals surface area contributed by atoms with Crippen molar-refractivity contribution in [3.63, 3.8) is 0 Å². The van der Waals surface area contributed by atoms with Crippen molar-refractivity contribution < 1.29 is 9.53 Å². The first kappa shape index (κ1) is 11.3. The summed E-state index contributed by atoms with van der Waals surface area (Å²) in [5.74, 6) is 0. The normalized spacial score (nSPS) is 20.4. The molecule has 3 nitrogen and oxygen atoms in total. The van der Waals surface area contributed by atoms with E-state index in [9.17, 15) is 4.79 Å². The fraction of sp³-hybridized carbons (Fsp3) is 0.417. The van der Waals surface area contributed by atoms with Crippen LogP contribution in [0.15, 0.2) is 24.3 Å². The summed E-state index contributed by atoms with van der Waals surface area (Å²) >= 11 is 5.90. The zero-order chi connectivity index (χ0) is 11.7. The minimum Gasteiger partial charge on any atom is -0.439 e. The van der Waals surface area contributed by atoms with Crippen molar-refractivity contribution in [3.05, 3.63) is 34.9 Å². The van der Waals surface area contributed by atoms with Crippen LogP contribution in [0.3, 0.4) is 0 Å². The zero-order valence-corrected chi connectivity index (χ0v) is 10.1. The average Bonchev–Trinajstić information content (AvgIpc) is 2.60. The molecule has 0 N–H and O–H groups in total. The van der Waals surface area contributed by atoms with Crippen molar-refractivity contribution in [2.45, 2.75) is 26.0 Å². The summed E-state index contributed by atoms with van der Waals surface area (Å²) in [5.41, 5.74) is 0.948. The zero-order valence-electron chi connectivity index (χ0n) is 9.31. The van der Waals surface area contributed by atoms with Crippen molar-refractivity contribution in [1.29, 1.82) is 0 Å². The molecule has 1 aliphatic heterocycles. The molecule has 2 rings (SSSR count). The number of amides is 1. The standard InChI is InChI=1S/C12H14ClNO2/c1-8(2)14-7-11(16-12(14)15)9-4-3-5-10(13)6-9/h3-6,8,11H,7H2,1-2H3. The number of carbonyl (C=O) groups excluding carboxylic acids is 1. The summed E-state index contributed by atoms with van der Waals surface area (Å²) in [4.78, 5) is 13.3. The molecule has 0 aromatic heterocycles. The van der Waals surface area contributed by atoms with Crippen LogP contribution in [-0.4, -0.2) is 23.6 Å². The summed E-state index contributed by atoms with van der Waals surface area (Å²) in [6, 6.07) is 7.60. The Bertz CT molecular complexity index is 406. The second-order valence-corrected chi connectivity index (χ2v) is 4.61. The molecule has 0 spiro atoms. The number of nitrogens with zero attached hydrogens (tertiary/aromatic N) is 1. The molecular weight excluding hydrogens is 226 g/mol. The molecule has 1 unspecified atom stereocenters. The second-order valence-electron chi connectivity index (χ2n) is 4.17. The Balaban J connectivity index is 2.17. The van der Waals surface area contributed by atoms with Crippen LogP contribution in [-0.2, 0) is 4.74 Å². The minimum absolute atomic E-state index is 0.164. The lowest BCUT2D eigenvalue weighted by atomic mass is 10.1. The highest BCUT2D eigenvalue weighted by Crippen LogP contribution is 2.28. The fourth-order valence-electron chi connectivity index (χ4n) is 1.78. The quantitative estimate of drug-likeness (QED) is 0.793. The molecule has 0 aliphatic carbocycles. The Morgan fingerprint density at radius 3 is 2.81 bits per heavy atom. The second kappa shape index (κ2) is 4.34. The van der Waals surface area contributed by atoms with E-state index in [1.54, 1.807) is 4.90 Å². The Hall–Kier alpha value is -1.22. The molecule has 1 aromatic carbocycles. The van der Waals surface area contributed by atoms with Crippen LogP contribution in [0.1, 0.15) is 25.5 Å². The van der Waals surface area contributed by atoms with Crippen molar-refractivity contribution in [2.75, 3.05) is 6.54 Å². The van der Waals surface area contributed by atoms with Gasteiger partial charge in [-0.15, -0.1) is 0 Å². The lowest BCUT2D eigenvalue weighted by Crippen LogP contribution is -2.31. The van der Waals surface area contributed by atoms with E-state index in [4.69, 9.17) is 16.3 Å². The Kier molecular flexibility index (Phi) is 3.06. The van der Waals surface area contributed by atoms with Gasteiger partial charge in [-0.25, -0.2) is 4.79 Å². The number of cyclic esters (lactones) is 1. The average molecular weight is 240 g/mol. The summed E-state index contributed by atoms with van der Waals surface area (Å²) in [7, 11) is 0. The van der Waals surface area contributed by atoms with Crippen LogP contribution in [0.4, 0.5) is 4.79 Å². The lowest BCUT2D eigenvalue weighted by molar-refractivity contribution is 0.130. The first-order valence-electron chi connectivity index (χ1n) is 5.30. The molecule has 1 aromatic rings. The van der Waals surface area contributed by atoms with Gasteiger partial charge in [0, 0.05) is 11.1 Å². The van der Waals surface area contributed by atoms with Crippen LogP contribution in [0.25, 0.3) is 0 Å². The van der Waals surface area contributed by atoms with Crippen LogP contribution in [0.5, 0.6) is 0 Å². The van der Waals surface area contributed by atoms with Crippen molar-refractivity contribution in [1.82, 2.24) is 4.90 Å². The van der Waals surface area contributed by atoms with Gasteiger partial charge < -0.3 is 9.64 Å². The minimum atomic E-state index is -0.250. The Labute approximate surface area is 100.0 Å². The third-order valence-electron chi connectivity index (χ3n) is 2.68. The smallest absolute Gasteiger partial charge is 0.410 e. The van der Waals surface area contributed by atoms with Gasteiger partial charge in [0.25, 0.3) is 0 Å². The van der Waals surface area contributed by atoms with Crippen molar-refractivity contribution >= 4 is 17.7 Å². The van der Waals surface area contributed by atoms with E-state index in [0.29, 0.717) is 11.6 Å². The van der Waals surface area contributed by atoms with Gasteiger partial charge in [-0.05, 0) is 31.5 Å². The molecule has 0 bridgehead atoms. The van der Waals surface area contributed by atoms with E-state index in [2.05, 4.69) is 0 Å². The SMILES string of the molecule is CC(C)N1CC(c2cccc(Cl)c2)OC1=O. The predicted molar refractivity (Wildman–Crippen MR) is 62.5 cm³/mol. The number of ether oxygens (including phenoxy) is 1. The van der Waals surface area contributed by atoms with E-state index in [0.717, 1.165) is 5.56 Å². The first-order valence-corrected chi connectivity index (χ1v) is 5.68. The van der Waals surface area contributed by atoms with Crippen LogP contribution < -0.4 is 0 Å². The number of benzene rings is 1. The largest absolute Gasteiger partial charge is 0.439 e. The maximum absolute atomic E-state index is 11.6. The molecular formula is C12H14ClNO2. The maximum Gasteiger partial charge on any atom is 0.410 e. The van der Waals surface area contributed by atoms with Gasteiger partial charge in [0.2, 0.25) is 0 Å². The highest BCUT2D eigenvalue weighted by molar-refractivity contribution is 6.30. The summed E-state index contributed by atoms with van der Waals surface area (Å²) < 4.78 is 5.30. The maximum atomic E-state index is 11.6. The Morgan fingerprint density at radius 2 is 2.25 bits per heavy atom. The van der Waals surface area contributed by atoms with Gasteiger partial charge in [0.05, 0.1) is 6.54 Å². The van der Waals surface area contributed by atoms with Crippen LogP contribution in [0.2, 0.25) is 5.02 Å². The number of carbonyl (C=O) groups is 1. The molecule has 1 amide bonds. The molecule has 1 saturated heterocycles.